The highest BCUT2D eigenvalue weighted by molar-refractivity contribution is 5.38. The third-order valence-corrected chi connectivity index (χ3v) is 3.46. The van der Waals surface area contributed by atoms with Crippen LogP contribution in [0.25, 0.3) is 5.69 Å². The Kier molecular flexibility index (Phi) is 4.05. The van der Waals surface area contributed by atoms with Crippen molar-refractivity contribution in [3.8, 4) is 5.69 Å². The quantitative estimate of drug-likeness (QED) is 0.909. The van der Waals surface area contributed by atoms with E-state index in [0.717, 1.165) is 11.3 Å². The Labute approximate surface area is 115 Å². The van der Waals surface area contributed by atoms with Gasteiger partial charge in [-0.25, -0.2) is 4.68 Å². The van der Waals surface area contributed by atoms with Gasteiger partial charge in [0.05, 0.1) is 17.6 Å². The molecule has 1 aromatic heterocycles. The van der Waals surface area contributed by atoms with E-state index in [9.17, 15) is 0 Å². The van der Waals surface area contributed by atoms with Gasteiger partial charge in [-0.3, -0.25) is 0 Å². The SMILES string of the molecule is CC(C)c1ccc(-n2ncc(CN)c2C(C)C)cc1. The monoisotopic (exact) mass is 257 g/mol. The Morgan fingerprint density at radius 2 is 1.68 bits per heavy atom. The van der Waals surface area contributed by atoms with E-state index in [1.165, 1.54) is 11.3 Å². The summed E-state index contributed by atoms with van der Waals surface area (Å²) in [5.41, 5.74) is 10.6. The molecule has 0 radical (unpaired) electrons. The molecule has 2 rings (SSSR count). The van der Waals surface area contributed by atoms with E-state index >= 15 is 0 Å². The largest absolute Gasteiger partial charge is 0.326 e. The smallest absolute Gasteiger partial charge is 0.0649 e. The third-order valence-electron chi connectivity index (χ3n) is 3.46. The van der Waals surface area contributed by atoms with Crippen LogP contribution >= 0.6 is 0 Å². The minimum absolute atomic E-state index is 0.408. The van der Waals surface area contributed by atoms with Crippen molar-refractivity contribution in [1.82, 2.24) is 9.78 Å². The molecule has 2 aromatic rings. The number of rotatable bonds is 4. The van der Waals surface area contributed by atoms with E-state index in [1.54, 1.807) is 0 Å². The van der Waals surface area contributed by atoms with Crippen LogP contribution in [0, 0.1) is 0 Å². The number of hydrogen-bond donors (Lipinski definition) is 1. The van der Waals surface area contributed by atoms with Crippen molar-refractivity contribution < 1.29 is 0 Å². The predicted octanol–water partition coefficient (Wildman–Crippen LogP) is 3.58. The maximum absolute atomic E-state index is 5.79. The Hall–Kier alpha value is -1.61. The minimum Gasteiger partial charge on any atom is -0.326 e. The van der Waals surface area contributed by atoms with Crippen molar-refractivity contribution in [2.45, 2.75) is 46.1 Å². The molecule has 0 aliphatic heterocycles. The van der Waals surface area contributed by atoms with Crippen LogP contribution in [0.15, 0.2) is 30.5 Å². The summed E-state index contributed by atoms with van der Waals surface area (Å²) < 4.78 is 2.01. The number of nitrogens with zero attached hydrogens (tertiary/aromatic N) is 2. The number of benzene rings is 1. The van der Waals surface area contributed by atoms with Gasteiger partial charge in [-0.2, -0.15) is 5.10 Å². The Morgan fingerprint density at radius 3 is 2.16 bits per heavy atom. The Balaban J connectivity index is 2.44. The zero-order valence-electron chi connectivity index (χ0n) is 12.2. The van der Waals surface area contributed by atoms with Crippen LogP contribution in [0.1, 0.15) is 56.4 Å². The van der Waals surface area contributed by atoms with Crippen LogP contribution in [0.5, 0.6) is 0 Å². The zero-order valence-corrected chi connectivity index (χ0v) is 12.2. The van der Waals surface area contributed by atoms with E-state index < -0.39 is 0 Å². The van der Waals surface area contributed by atoms with Crippen molar-refractivity contribution in [3.05, 3.63) is 47.3 Å². The average molecular weight is 257 g/mol. The van der Waals surface area contributed by atoms with Gasteiger partial charge in [-0.05, 0) is 29.5 Å². The van der Waals surface area contributed by atoms with Crippen LogP contribution in [0.2, 0.25) is 0 Å². The fourth-order valence-electron chi connectivity index (χ4n) is 2.37. The van der Waals surface area contributed by atoms with Crippen molar-refractivity contribution in [3.63, 3.8) is 0 Å². The number of hydrogen-bond acceptors (Lipinski definition) is 2. The van der Waals surface area contributed by atoms with Gasteiger partial charge in [0.25, 0.3) is 0 Å². The van der Waals surface area contributed by atoms with Crippen LogP contribution in [0.4, 0.5) is 0 Å². The molecule has 0 fully saturated rings. The van der Waals surface area contributed by atoms with Gasteiger partial charge in [0.2, 0.25) is 0 Å². The summed E-state index contributed by atoms with van der Waals surface area (Å²) in [5.74, 6) is 0.960. The second kappa shape index (κ2) is 5.57. The molecule has 3 heteroatoms. The summed E-state index contributed by atoms with van der Waals surface area (Å²) in [5, 5.41) is 4.49. The van der Waals surface area contributed by atoms with Gasteiger partial charge in [-0.1, -0.05) is 39.8 Å². The molecule has 1 aromatic carbocycles. The maximum Gasteiger partial charge on any atom is 0.0649 e. The molecule has 0 spiro atoms. The standard InChI is InChI=1S/C16H23N3/c1-11(2)13-5-7-15(8-6-13)19-16(12(3)4)14(9-17)10-18-19/h5-8,10-12H,9,17H2,1-4H3. The predicted molar refractivity (Wildman–Crippen MR) is 79.6 cm³/mol. The molecule has 19 heavy (non-hydrogen) atoms. The van der Waals surface area contributed by atoms with Gasteiger partial charge < -0.3 is 5.73 Å². The first kappa shape index (κ1) is 13.8. The molecule has 0 aliphatic rings. The van der Waals surface area contributed by atoms with Gasteiger partial charge in [0, 0.05) is 12.1 Å². The molecule has 0 atom stereocenters. The van der Waals surface area contributed by atoms with Crippen molar-refractivity contribution in [2.75, 3.05) is 0 Å². The van der Waals surface area contributed by atoms with E-state index in [4.69, 9.17) is 5.73 Å². The summed E-state index contributed by atoms with van der Waals surface area (Å²) in [6.45, 7) is 9.30. The highest BCUT2D eigenvalue weighted by atomic mass is 15.3. The highest BCUT2D eigenvalue weighted by Crippen LogP contribution is 2.24. The second-order valence-electron chi connectivity index (χ2n) is 5.57. The molecule has 0 aliphatic carbocycles. The fourth-order valence-corrected chi connectivity index (χ4v) is 2.37. The molecule has 0 saturated carbocycles. The molecule has 3 nitrogen and oxygen atoms in total. The Bertz CT molecular complexity index is 536. The van der Waals surface area contributed by atoms with Crippen molar-refractivity contribution >= 4 is 0 Å². The number of aromatic nitrogens is 2. The molecule has 0 amide bonds. The maximum atomic E-state index is 5.79. The molecule has 2 N–H and O–H groups in total. The topological polar surface area (TPSA) is 43.8 Å². The fraction of sp³-hybridized carbons (Fsp3) is 0.438. The summed E-state index contributed by atoms with van der Waals surface area (Å²) >= 11 is 0. The van der Waals surface area contributed by atoms with Crippen molar-refractivity contribution in [2.24, 2.45) is 5.73 Å². The molecule has 0 saturated heterocycles. The first-order valence-corrected chi connectivity index (χ1v) is 6.91. The lowest BCUT2D eigenvalue weighted by molar-refractivity contribution is 0.724. The molecule has 102 valence electrons. The van der Waals surface area contributed by atoms with Crippen LogP contribution in [0.3, 0.4) is 0 Å². The lowest BCUT2D eigenvalue weighted by atomic mass is 10.0. The van der Waals surface area contributed by atoms with Gasteiger partial charge >= 0.3 is 0 Å². The highest BCUT2D eigenvalue weighted by Gasteiger charge is 2.14. The molecule has 1 heterocycles. The van der Waals surface area contributed by atoms with E-state index in [0.29, 0.717) is 18.4 Å². The van der Waals surface area contributed by atoms with E-state index in [1.807, 2.05) is 10.9 Å². The molecule has 0 unspecified atom stereocenters. The Morgan fingerprint density at radius 1 is 1.05 bits per heavy atom. The van der Waals surface area contributed by atoms with Crippen molar-refractivity contribution in [1.29, 1.82) is 0 Å². The average Bonchev–Trinajstić information content (AvgIpc) is 2.82. The molecule has 0 bridgehead atoms. The lowest BCUT2D eigenvalue weighted by Gasteiger charge is -2.13. The molecular formula is C16H23N3. The molecular weight excluding hydrogens is 234 g/mol. The minimum atomic E-state index is 0.408. The summed E-state index contributed by atoms with van der Waals surface area (Å²) in [7, 11) is 0. The van der Waals surface area contributed by atoms with Crippen LogP contribution < -0.4 is 5.73 Å². The number of nitrogens with two attached hydrogens (primary N) is 1. The third kappa shape index (κ3) is 2.71. The van der Waals surface area contributed by atoms with Gasteiger partial charge in [0.15, 0.2) is 0 Å². The van der Waals surface area contributed by atoms with Crippen LogP contribution in [-0.4, -0.2) is 9.78 Å². The second-order valence-corrected chi connectivity index (χ2v) is 5.57. The van der Waals surface area contributed by atoms with Crippen LogP contribution in [-0.2, 0) is 6.54 Å². The summed E-state index contributed by atoms with van der Waals surface area (Å²) in [4.78, 5) is 0. The van der Waals surface area contributed by atoms with Gasteiger partial charge in [0.1, 0.15) is 0 Å². The van der Waals surface area contributed by atoms with Gasteiger partial charge in [-0.15, -0.1) is 0 Å². The summed E-state index contributed by atoms with van der Waals surface area (Å²) in [6, 6.07) is 8.62. The first-order chi connectivity index (χ1) is 9.04. The lowest BCUT2D eigenvalue weighted by Crippen LogP contribution is -2.07. The van der Waals surface area contributed by atoms with E-state index in [2.05, 4.69) is 57.1 Å². The summed E-state index contributed by atoms with van der Waals surface area (Å²) in [6.07, 6.45) is 1.88. The van der Waals surface area contributed by atoms with E-state index in [-0.39, 0.29) is 0 Å². The first-order valence-electron chi connectivity index (χ1n) is 6.91. The zero-order chi connectivity index (χ0) is 14.0. The normalized spacial score (nSPS) is 11.5.